The summed E-state index contributed by atoms with van der Waals surface area (Å²) in [6.45, 7) is 7.19. The average molecular weight is 2100 g/mol. The molecular formula is C102H87Cl2F15N10O12S3. The third-order valence-electron chi connectivity index (χ3n) is 17.8. The van der Waals surface area contributed by atoms with E-state index in [4.69, 9.17) is 41.3 Å². The van der Waals surface area contributed by atoms with Crippen molar-refractivity contribution in [2.45, 2.75) is 58.2 Å². The minimum absolute atomic E-state index is 0. The topological polar surface area (TPSA) is 327 Å². The Hall–Kier alpha value is -15.6. The number of nitrogens with two attached hydrogens (primary N) is 1. The second-order valence-electron chi connectivity index (χ2n) is 29.0. The zero-order valence-corrected chi connectivity index (χ0v) is 80.2. The monoisotopic (exact) mass is 2090 g/mol. The van der Waals surface area contributed by atoms with Crippen LogP contribution in [0.4, 0.5) is 82.9 Å². The number of anilines is 3. The van der Waals surface area contributed by atoms with Crippen LogP contribution in [0, 0.1) is 54.5 Å². The molecule has 0 radical (unpaired) electrons. The third-order valence-corrected chi connectivity index (χ3v) is 19.8. The molecule has 144 heavy (non-hydrogen) atoms. The lowest BCUT2D eigenvalue weighted by Crippen LogP contribution is -2.21. The van der Waals surface area contributed by atoms with Gasteiger partial charge in [0.25, 0.3) is 0 Å². The van der Waals surface area contributed by atoms with E-state index in [1.54, 1.807) is 92.7 Å². The zero-order valence-electron chi connectivity index (χ0n) is 76.2. The molecule has 4 aromatic heterocycles. The number of nitrogens with one attached hydrogen (secondary N) is 5. The molecule has 11 rings (SSSR count). The van der Waals surface area contributed by atoms with Gasteiger partial charge in [-0.25, -0.2) is 67.9 Å². The summed E-state index contributed by atoms with van der Waals surface area (Å²) in [5.74, 6) is 1.60. The van der Waals surface area contributed by atoms with Crippen LogP contribution in [-0.2, 0) is 103 Å². The van der Waals surface area contributed by atoms with Crippen molar-refractivity contribution in [2.24, 2.45) is 5.73 Å². The van der Waals surface area contributed by atoms with Crippen LogP contribution in [0.3, 0.4) is 0 Å². The number of alkyl halides is 12. The SMILES string of the molecule is C#Cc1cc(CN)cc(F)c1NS(C)(=O)=O.C#Cc1cc(CNC(=O)/C=C/c2ccc(C(F)(F)F)nc2/C=C/c2ccccc2)cc(F)c1NS(C)(=O)=O.C#Cc1cc(CNC(=O)/C=C/c2ccc(C(F)(F)F)nc2/C=C/c2ccccc2)cc(F)c1NS(C)(=O)=O.C=Cc1ccccc1.CCOC(=O)/C=C/c1ccc(C(F)(F)F)nc1/C=C/c1ccccc1.CCOC(=O)/C=C/c1ccc(C(F)(F)F)nc1Cl.Cl. The van der Waals surface area contributed by atoms with E-state index in [1.165, 1.54) is 84.5 Å². The Kier molecular flexibility index (Phi) is 46.3. The second kappa shape index (κ2) is 56.1. The number of halogens is 17. The van der Waals surface area contributed by atoms with Crippen LogP contribution in [0.5, 0.6) is 0 Å². The lowest BCUT2D eigenvalue weighted by Gasteiger charge is -2.11. The third kappa shape index (κ3) is 42.4. The highest BCUT2D eigenvalue weighted by molar-refractivity contribution is 7.92. The Morgan fingerprint density at radius 2 is 0.653 bits per heavy atom. The van der Waals surface area contributed by atoms with Crippen LogP contribution in [0.1, 0.15) is 132 Å². The molecule has 2 amide bonds. The van der Waals surface area contributed by atoms with E-state index in [9.17, 15) is 110 Å². The number of hydrogen-bond donors (Lipinski definition) is 6. The van der Waals surface area contributed by atoms with Gasteiger partial charge in [-0.2, -0.15) is 52.7 Å². The number of nitrogens with zero attached hydrogens (tertiary/aromatic N) is 4. The number of carbonyl (C=O) groups excluding carboxylic acids is 4. The van der Waals surface area contributed by atoms with Crippen molar-refractivity contribution in [3.8, 4) is 37.0 Å². The Morgan fingerprint density at radius 3 is 0.910 bits per heavy atom. The quantitative estimate of drug-likeness (QED) is 0.00872. The van der Waals surface area contributed by atoms with Gasteiger partial charge < -0.3 is 25.8 Å². The minimum atomic E-state index is -4.64. The fourth-order valence-corrected chi connectivity index (χ4v) is 13.3. The van der Waals surface area contributed by atoms with E-state index < -0.39 is 119 Å². The smallest absolute Gasteiger partial charge is 0.433 e. The van der Waals surface area contributed by atoms with Gasteiger partial charge in [0.15, 0.2) is 0 Å². The van der Waals surface area contributed by atoms with Gasteiger partial charge in [-0.3, -0.25) is 23.8 Å². The molecule has 0 aliphatic heterocycles. The Balaban J connectivity index is 0.000000321. The van der Waals surface area contributed by atoms with Crippen molar-refractivity contribution in [3.05, 3.63) is 377 Å². The summed E-state index contributed by atoms with van der Waals surface area (Å²) in [6.07, 6.45) is 20.8. The molecule has 0 saturated carbocycles. The first kappa shape index (κ1) is 119. The fraction of sp³-hybridized carbons (Fsp3) is 0.137. The first-order valence-electron chi connectivity index (χ1n) is 41.2. The lowest BCUT2D eigenvalue weighted by atomic mass is 10.1. The van der Waals surface area contributed by atoms with Crippen LogP contribution in [0.25, 0.3) is 66.8 Å². The van der Waals surface area contributed by atoms with Gasteiger partial charge in [0.2, 0.25) is 41.9 Å². The van der Waals surface area contributed by atoms with Gasteiger partial charge in [-0.1, -0.05) is 200 Å². The number of terminal acetylenes is 3. The first-order valence-corrected chi connectivity index (χ1v) is 47.3. The van der Waals surface area contributed by atoms with Gasteiger partial charge in [-0.05, 0) is 162 Å². The molecule has 0 atom stereocenters. The molecule has 7 aromatic carbocycles. The second-order valence-corrected chi connectivity index (χ2v) is 34.6. The van der Waals surface area contributed by atoms with E-state index >= 15 is 0 Å². The summed E-state index contributed by atoms with van der Waals surface area (Å²) in [5.41, 5.74) is 5.90. The zero-order chi connectivity index (χ0) is 106. The fourth-order valence-electron chi connectivity index (χ4n) is 11.3. The normalized spacial score (nSPS) is 11.6. The summed E-state index contributed by atoms with van der Waals surface area (Å²) >= 11 is 5.58. The number of hydrogen-bond acceptors (Lipinski definition) is 17. The minimum Gasteiger partial charge on any atom is -0.463 e. The standard InChI is InChI=1S/2C27H21F4N3O3S.C19H16F3NO2.C11H9ClF3NO2.C10H11FN2O2S.C8H8.ClH/c2*1-3-20-15-19(16-22(28)26(20)34-38(2,36)37)17-32-25(35)14-11-21-10-13-24(27(29,30)31)33-23(21)12-9-18-7-5-4-6-8-18;1-2-25-18(24)13-10-15-9-12-17(19(20,21)22)23-16(15)11-8-14-6-4-3-5-7-14;1-2-18-9(17)6-4-7-3-5-8(11(13,14)15)16-10(7)12;1-3-8-4-7(6-12)5-9(11)10(8)13-16(2,14)15;1-2-8-6-4-3-5-7-8;/h2*1,4-16,34H,17H2,2H3,(H,32,35);3-13H,2H2,1H3;3-6H,2H2,1H3;1,4-5,13H,6,12H2,2H3;2-7H,1H2;1H/b2*12-9+,14-11+;11-8+,13-10+;6-4+;;;. The van der Waals surface area contributed by atoms with Crippen molar-refractivity contribution in [1.82, 2.24) is 30.6 Å². The molecule has 0 bridgehead atoms. The number of esters is 2. The summed E-state index contributed by atoms with van der Waals surface area (Å²) in [4.78, 5) is 61.4. The maximum Gasteiger partial charge on any atom is 0.433 e. The molecule has 0 fully saturated rings. The van der Waals surface area contributed by atoms with E-state index in [-0.39, 0.29) is 129 Å². The highest BCUT2D eigenvalue weighted by Crippen LogP contribution is 2.35. The van der Waals surface area contributed by atoms with E-state index in [2.05, 4.69) is 59.6 Å². The molecule has 0 saturated heterocycles. The van der Waals surface area contributed by atoms with E-state index in [0.29, 0.717) is 11.1 Å². The Morgan fingerprint density at radius 1 is 0.389 bits per heavy atom. The van der Waals surface area contributed by atoms with Crippen molar-refractivity contribution >= 4 is 162 Å². The number of carbonyl (C=O) groups is 4. The van der Waals surface area contributed by atoms with E-state index in [1.807, 2.05) is 80.9 Å². The largest absolute Gasteiger partial charge is 0.463 e. The first-order chi connectivity index (χ1) is 67.2. The number of aromatic nitrogens is 4. The predicted octanol–water partition coefficient (Wildman–Crippen LogP) is 21.8. The Bertz CT molecular complexity index is 6820. The van der Waals surface area contributed by atoms with Crippen molar-refractivity contribution in [2.75, 3.05) is 46.1 Å². The van der Waals surface area contributed by atoms with Crippen LogP contribution in [0.2, 0.25) is 5.15 Å². The van der Waals surface area contributed by atoms with Crippen molar-refractivity contribution < 1.29 is 120 Å². The van der Waals surface area contributed by atoms with Gasteiger partial charge in [0, 0.05) is 66.2 Å². The van der Waals surface area contributed by atoms with Gasteiger partial charge in [0.05, 0.1) is 82.8 Å². The van der Waals surface area contributed by atoms with Gasteiger partial charge in [-0.15, -0.1) is 31.7 Å². The predicted molar refractivity (Wildman–Crippen MR) is 531 cm³/mol. The molecule has 0 aliphatic carbocycles. The molecule has 754 valence electrons. The number of amides is 2. The molecular weight excluding hydrogens is 2010 g/mol. The number of sulfonamides is 3. The number of pyridine rings is 4. The molecule has 11 aromatic rings. The summed E-state index contributed by atoms with van der Waals surface area (Å²) < 4.78 is 280. The maximum atomic E-state index is 14.4. The molecule has 7 N–H and O–H groups in total. The summed E-state index contributed by atoms with van der Waals surface area (Å²) in [5, 5.41) is 4.69. The molecule has 0 unspecified atom stereocenters. The summed E-state index contributed by atoms with van der Waals surface area (Å²) in [7, 11) is -11.1. The molecule has 22 nitrogen and oxygen atoms in total. The van der Waals surface area contributed by atoms with Crippen molar-refractivity contribution in [3.63, 3.8) is 0 Å². The maximum absolute atomic E-state index is 14.4. The summed E-state index contributed by atoms with van der Waals surface area (Å²) in [6, 6.07) is 52.4. The van der Waals surface area contributed by atoms with Crippen molar-refractivity contribution in [1.29, 1.82) is 0 Å². The number of rotatable bonds is 28. The lowest BCUT2D eigenvalue weighted by molar-refractivity contribution is -0.142. The molecule has 42 heteroatoms. The molecule has 4 heterocycles. The molecule has 0 spiro atoms. The van der Waals surface area contributed by atoms with Crippen LogP contribution in [0.15, 0.2) is 237 Å². The van der Waals surface area contributed by atoms with Crippen LogP contribution < -0.4 is 30.5 Å². The van der Waals surface area contributed by atoms with E-state index in [0.717, 1.165) is 108 Å². The molecule has 0 aliphatic rings. The van der Waals surface area contributed by atoms with Crippen LogP contribution >= 0.6 is 24.0 Å². The van der Waals surface area contributed by atoms with Gasteiger partial charge in [0.1, 0.15) is 45.4 Å². The highest BCUT2D eigenvalue weighted by Gasteiger charge is 2.36. The van der Waals surface area contributed by atoms with Crippen LogP contribution in [-0.4, -0.2) is 101 Å². The Labute approximate surface area is 831 Å². The number of ether oxygens (including phenoxy) is 2. The average Bonchev–Trinajstić information content (AvgIpc) is 0.780. The number of benzene rings is 7. The highest BCUT2D eigenvalue weighted by atomic mass is 35.5. The van der Waals surface area contributed by atoms with Gasteiger partial charge >= 0.3 is 36.6 Å².